The summed E-state index contributed by atoms with van der Waals surface area (Å²) in [5.41, 5.74) is 0.970. The van der Waals surface area contributed by atoms with E-state index in [1.165, 1.54) is 0 Å². The van der Waals surface area contributed by atoms with Crippen LogP contribution in [0.2, 0.25) is 0 Å². The molecule has 0 heterocycles. The first kappa shape index (κ1) is 20.7. The topological polar surface area (TPSA) is 88.0 Å². The second kappa shape index (κ2) is 9.94. The molecule has 0 saturated heterocycles. The van der Waals surface area contributed by atoms with Gasteiger partial charge in [-0.05, 0) is 36.2 Å². The highest BCUT2D eigenvalue weighted by Crippen LogP contribution is 2.40. The Bertz CT molecular complexity index is 700. The molecule has 0 bridgehead atoms. The summed E-state index contributed by atoms with van der Waals surface area (Å²) in [6.45, 7) is 4.04. The Morgan fingerprint density at radius 1 is 1.04 bits per heavy atom. The number of para-hydroxylation sites is 1. The summed E-state index contributed by atoms with van der Waals surface area (Å²) in [5, 5.41) is 21.0. The molecule has 2 aromatic carbocycles. The van der Waals surface area contributed by atoms with Gasteiger partial charge in [0.15, 0.2) is 0 Å². The molecule has 1 atom stereocenters. The number of hydrogen-bond acceptors (Lipinski definition) is 5. The van der Waals surface area contributed by atoms with Gasteiger partial charge in [0.2, 0.25) is 0 Å². The zero-order chi connectivity index (χ0) is 19.7. The van der Waals surface area contributed by atoms with Gasteiger partial charge in [-0.15, -0.1) is 0 Å². The Labute approximate surface area is 159 Å². The quantitative estimate of drug-likeness (QED) is 0.623. The molecule has 0 aliphatic rings. The second-order valence-electron chi connectivity index (χ2n) is 6.88. The van der Waals surface area contributed by atoms with Crippen molar-refractivity contribution >= 4 is 11.8 Å². The minimum absolute atomic E-state index is 0.00907. The average Bonchev–Trinajstić information content (AvgIpc) is 2.65. The molecule has 0 aromatic heterocycles. The standard InChI is InChI=1S/C21H27NO5/c1-21(2,12-13-23)19(16-8-10-18(11-9-16)26-15-14-24)27-20(25)22-17-6-4-3-5-7-17/h3-11,19,23-24H,12-15H2,1-2H3,(H,22,25)/t19-/m0/s1. The maximum atomic E-state index is 12.4. The lowest BCUT2D eigenvalue weighted by molar-refractivity contribution is 0.0152. The van der Waals surface area contributed by atoms with E-state index in [9.17, 15) is 9.90 Å². The SMILES string of the molecule is CC(C)(CCO)[C@@H](OC(=O)Nc1ccccc1)c1ccc(OCCO)cc1. The molecule has 27 heavy (non-hydrogen) atoms. The van der Waals surface area contributed by atoms with E-state index in [-0.39, 0.29) is 19.8 Å². The van der Waals surface area contributed by atoms with Gasteiger partial charge >= 0.3 is 6.09 Å². The predicted molar refractivity (Wildman–Crippen MR) is 104 cm³/mol. The molecular weight excluding hydrogens is 346 g/mol. The lowest BCUT2D eigenvalue weighted by Gasteiger charge is -2.33. The summed E-state index contributed by atoms with van der Waals surface area (Å²) >= 11 is 0. The van der Waals surface area contributed by atoms with Crippen LogP contribution in [-0.2, 0) is 4.74 Å². The fourth-order valence-electron chi connectivity index (χ4n) is 2.78. The number of amides is 1. The van der Waals surface area contributed by atoms with Crippen LogP contribution in [0.25, 0.3) is 0 Å². The van der Waals surface area contributed by atoms with E-state index in [4.69, 9.17) is 14.6 Å². The van der Waals surface area contributed by atoms with E-state index in [2.05, 4.69) is 5.32 Å². The monoisotopic (exact) mass is 373 g/mol. The van der Waals surface area contributed by atoms with E-state index < -0.39 is 17.6 Å². The Kier molecular flexibility index (Phi) is 7.64. The van der Waals surface area contributed by atoms with Crippen LogP contribution < -0.4 is 10.1 Å². The number of carbonyl (C=O) groups excluding carboxylic acids is 1. The van der Waals surface area contributed by atoms with Gasteiger partial charge in [0.25, 0.3) is 0 Å². The van der Waals surface area contributed by atoms with Gasteiger partial charge in [-0.1, -0.05) is 44.2 Å². The molecule has 0 spiro atoms. The second-order valence-corrected chi connectivity index (χ2v) is 6.88. The smallest absolute Gasteiger partial charge is 0.412 e. The molecule has 1 amide bonds. The van der Waals surface area contributed by atoms with E-state index in [1.807, 2.05) is 44.2 Å². The molecule has 6 nitrogen and oxygen atoms in total. The third-order valence-electron chi connectivity index (χ3n) is 4.25. The highest BCUT2D eigenvalue weighted by atomic mass is 16.6. The minimum Gasteiger partial charge on any atom is -0.491 e. The van der Waals surface area contributed by atoms with Gasteiger partial charge in [0.05, 0.1) is 6.61 Å². The molecule has 0 unspecified atom stereocenters. The summed E-state index contributed by atoms with van der Waals surface area (Å²) in [6, 6.07) is 16.3. The number of carbonyl (C=O) groups is 1. The summed E-state index contributed by atoms with van der Waals surface area (Å²) in [5.74, 6) is 0.625. The zero-order valence-corrected chi connectivity index (χ0v) is 15.7. The molecule has 2 rings (SSSR count). The first-order chi connectivity index (χ1) is 13.0. The van der Waals surface area contributed by atoms with Crippen molar-refractivity contribution in [1.82, 2.24) is 0 Å². The van der Waals surface area contributed by atoms with Crippen LogP contribution in [0.3, 0.4) is 0 Å². The Hall–Kier alpha value is -2.57. The van der Waals surface area contributed by atoms with E-state index in [0.717, 1.165) is 5.56 Å². The molecule has 6 heteroatoms. The van der Waals surface area contributed by atoms with Crippen LogP contribution in [0.4, 0.5) is 10.5 Å². The van der Waals surface area contributed by atoms with Gasteiger partial charge in [0.1, 0.15) is 18.5 Å². The number of nitrogens with one attached hydrogen (secondary N) is 1. The molecule has 146 valence electrons. The normalized spacial score (nSPS) is 12.3. The number of hydrogen-bond donors (Lipinski definition) is 3. The van der Waals surface area contributed by atoms with E-state index >= 15 is 0 Å². The van der Waals surface area contributed by atoms with Crippen molar-refractivity contribution in [3.8, 4) is 5.75 Å². The van der Waals surface area contributed by atoms with Crippen molar-refractivity contribution in [2.75, 3.05) is 25.1 Å². The first-order valence-corrected chi connectivity index (χ1v) is 8.93. The Balaban J connectivity index is 2.17. The van der Waals surface area contributed by atoms with Crippen molar-refractivity contribution in [1.29, 1.82) is 0 Å². The molecule has 0 fully saturated rings. The fourth-order valence-corrected chi connectivity index (χ4v) is 2.78. The fraction of sp³-hybridized carbons (Fsp3) is 0.381. The molecule has 0 radical (unpaired) electrons. The number of rotatable bonds is 9. The number of ether oxygens (including phenoxy) is 2. The Morgan fingerprint density at radius 2 is 1.70 bits per heavy atom. The lowest BCUT2D eigenvalue weighted by Crippen LogP contribution is -2.29. The van der Waals surface area contributed by atoms with Gasteiger partial charge < -0.3 is 19.7 Å². The van der Waals surface area contributed by atoms with Crippen molar-refractivity contribution in [3.63, 3.8) is 0 Å². The maximum absolute atomic E-state index is 12.4. The van der Waals surface area contributed by atoms with Crippen LogP contribution in [0, 0.1) is 5.41 Å². The number of aliphatic hydroxyl groups excluding tert-OH is 2. The first-order valence-electron chi connectivity index (χ1n) is 8.93. The maximum Gasteiger partial charge on any atom is 0.412 e. The minimum atomic E-state index is -0.558. The van der Waals surface area contributed by atoms with Crippen molar-refractivity contribution in [2.45, 2.75) is 26.4 Å². The molecule has 0 aliphatic heterocycles. The Morgan fingerprint density at radius 3 is 2.30 bits per heavy atom. The summed E-state index contributed by atoms with van der Waals surface area (Å²) in [6.07, 6.45) is -0.642. The predicted octanol–water partition coefficient (Wildman–Crippen LogP) is 3.76. The van der Waals surface area contributed by atoms with Crippen LogP contribution in [-0.4, -0.2) is 36.1 Å². The van der Waals surface area contributed by atoms with Crippen LogP contribution >= 0.6 is 0 Å². The molecule has 3 N–H and O–H groups in total. The summed E-state index contributed by atoms with van der Waals surface area (Å²) < 4.78 is 11.1. The van der Waals surface area contributed by atoms with Crippen molar-refractivity contribution < 1.29 is 24.5 Å². The van der Waals surface area contributed by atoms with Gasteiger partial charge in [-0.25, -0.2) is 4.79 Å². The zero-order valence-electron chi connectivity index (χ0n) is 15.7. The van der Waals surface area contributed by atoms with Gasteiger partial charge in [-0.3, -0.25) is 5.32 Å². The van der Waals surface area contributed by atoms with Crippen LogP contribution in [0.5, 0.6) is 5.75 Å². The average molecular weight is 373 g/mol. The molecule has 0 saturated carbocycles. The third-order valence-corrected chi connectivity index (χ3v) is 4.25. The van der Waals surface area contributed by atoms with Gasteiger partial charge in [0, 0.05) is 17.7 Å². The largest absolute Gasteiger partial charge is 0.491 e. The number of anilines is 1. The number of benzene rings is 2. The number of aliphatic hydroxyl groups is 2. The van der Waals surface area contributed by atoms with Gasteiger partial charge in [-0.2, -0.15) is 0 Å². The van der Waals surface area contributed by atoms with E-state index in [1.54, 1.807) is 24.3 Å². The molecule has 0 aliphatic carbocycles. The molecule has 2 aromatic rings. The van der Waals surface area contributed by atoms with Crippen LogP contribution in [0.15, 0.2) is 54.6 Å². The van der Waals surface area contributed by atoms with Crippen molar-refractivity contribution in [3.05, 3.63) is 60.2 Å². The summed E-state index contributed by atoms with van der Waals surface area (Å²) in [7, 11) is 0. The lowest BCUT2D eigenvalue weighted by atomic mass is 9.80. The van der Waals surface area contributed by atoms with Crippen LogP contribution in [0.1, 0.15) is 31.9 Å². The third kappa shape index (κ3) is 6.27. The van der Waals surface area contributed by atoms with Crippen molar-refractivity contribution in [2.24, 2.45) is 5.41 Å². The van der Waals surface area contributed by atoms with E-state index in [0.29, 0.717) is 17.9 Å². The summed E-state index contributed by atoms with van der Waals surface area (Å²) in [4.78, 5) is 12.4. The highest BCUT2D eigenvalue weighted by molar-refractivity contribution is 5.84. The highest BCUT2D eigenvalue weighted by Gasteiger charge is 2.34. The molecular formula is C21H27NO5.